The number of halogens is 2. The lowest BCUT2D eigenvalue weighted by Crippen LogP contribution is -2.56. The van der Waals surface area contributed by atoms with Crippen LogP contribution in [-0.2, 0) is 32.6 Å². The highest BCUT2D eigenvalue weighted by atomic mass is 32.2. The average molecular weight is 620 g/mol. The van der Waals surface area contributed by atoms with E-state index in [2.05, 4.69) is 5.32 Å². The number of nitrogens with zero attached hydrogens (tertiary/aromatic N) is 2. The van der Waals surface area contributed by atoms with Crippen molar-refractivity contribution in [3.8, 4) is 0 Å². The maximum absolute atomic E-state index is 15.2. The van der Waals surface area contributed by atoms with Crippen LogP contribution in [0.25, 0.3) is 0 Å². The van der Waals surface area contributed by atoms with Crippen molar-refractivity contribution in [3.05, 3.63) is 132 Å². The molecule has 1 N–H and O–H groups in total. The molecule has 4 aromatic carbocycles. The molecule has 0 bridgehead atoms. The molecule has 0 saturated carbocycles. The minimum absolute atomic E-state index is 0.0636. The second kappa shape index (κ2) is 13.8. The van der Waals surface area contributed by atoms with Crippen LogP contribution in [0.5, 0.6) is 0 Å². The Labute approximate surface area is 257 Å². The Morgan fingerprint density at radius 3 is 1.91 bits per heavy atom. The largest absolute Gasteiger partial charge is 0.350 e. The molecule has 0 aromatic heterocycles. The third-order valence-corrected chi connectivity index (χ3v) is 8.57. The Morgan fingerprint density at radius 1 is 0.773 bits per heavy atom. The fourth-order valence-corrected chi connectivity index (χ4v) is 6.15. The maximum atomic E-state index is 15.2. The van der Waals surface area contributed by atoms with Gasteiger partial charge in [0, 0.05) is 24.1 Å². The first-order valence-corrected chi connectivity index (χ1v) is 15.5. The number of carbonyl (C=O) groups is 2. The molecule has 10 heteroatoms. The minimum Gasteiger partial charge on any atom is -0.350 e. The Hall–Kier alpha value is -4.57. The highest BCUT2D eigenvalue weighted by Crippen LogP contribution is 2.27. The van der Waals surface area contributed by atoms with Crippen molar-refractivity contribution in [1.82, 2.24) is 10.2 Å². The van der Waals surface area contributed by atoms with E-state index in [9.17, 15) is 22.4 Å². The summed E-state index contributed by atoms with van der Waals surface area (Å²) in [6, 6.07) is 26.3. The average Bonchev–Trinajstić information content (AvgIpc) is 2.99. The molecule has 0 unspecified atom stereocenters. The SMILES string of the molecule is CC(C)(C)NC(=O)[C@H](Cc1ccccc1)N(Cc1ccccc1F)C(=O)CN(c1ccccc1F)S(=O)(=O)c1ccccc1. The lowest BCUT2D eigenvalue weighted by atomic mass is 10.0. The van der Waals surface area contributed by atoms with Gasteiger partial charge in [0.1, 0.15) is 24.2 Å². The van der Waals surface area contributed by atoms with E-state index in [-0.39, 0.29) is 29.1 Å². The van der Waals surface area contributed by atoms with E-state index >= 15 is 4.39 Å². The number of amides is 2. The van der Waals surface area contributed by atoms with Gasteiger partial charge >= 0.3 is 0 Å². The molecule has 0 aliphatic carbocycles. The molecular formula is C34H35F2N3O4S. The monoisotopic (exact) mass is 619 g/mol. The molecule has 0 spiro atoms. The number of hydrogen-bond acceptors (Lipinski definition) is 4. The van der Waals surface area contributed by atoms with E-state index in [1.165, 1.54) is 65.6 Å². The van der Waals surface area contributed by atoms with Gasteiger partial charge in [-0.3, -0.25) is 13.9 Å². The second-order valence-electron chi connectivity index (χ2n) is 11.3. The quantitative estimate of drug-likeness (QED) is 0.233. The first-order valence-electron chi connectivity index (χ1n) is 14.1. The van der Waals surface area contributed by atoms with Gasteiger partial charge in [-0.05, 0) is 56.7 Å². The van der Waals surface area contributed by atoms with Gasteiger partial charge in [0.05, 0.1) is 10.6 Å². The summed E-state index contributed by atoms with van der Waals surface area (Å²) >= 11 is 0. The van der Waals surface area contributed by atoms with Gasteiger partial charge in [0.25, 0.3) is 10.0 Å². The predicted octanol–water partition coefficient (Wildman–Crippen LogP) is 5.71. The van der Waals surface area contributed by atoms with Crippen LogP contribution in [-0.4, -0.2) is 43.3 Å². The van der Waals surface area contributed by atoms with Crippen LogP contribution in [0.3, 0.4) is 0 Å². The highest BCUT2D eigenvalue weighted by molar-refractivity contribution is 7.92. The number of anilines is 1. The van der Waals surface area contributed by atoms with Crippen LogP contribution in [0.2, 0.25) is 0 Å². The topological polar surface area (TPSA) is 86.8 Å². The van der Waals surface area contributed by atoms with Crippen LogP contribution >= 0.6 is 0 Å². The van der Waals surface area contributed by atoms with Crippen molar-refractivity contribution in [2.75, 3.05) is 10.8 Å². The van der Waals surface area contributed by atoms with Gasteiger partial charge in [0.15, 0.2) is 0 Å². The van der Waals surface area contributed by atoms with Crippen molar-refractivity contribution in [3.63, 3.8) is 0 Å². The summed E-state index contributed by atoms with van der Waals surface area (Å²) in [5, 5.41) is 2.91. The van der Waals surface area contributed by atoms with Crippen molar-refractivity contribution < 1.29 is 26.8 Å². The van der Waals surface area contributed by atoms with E-state index in [0.717, 1.165) is 11.6 Å². The van der Waals surface area contributed by atoms with Gasteiger partial charge in [-0.25, -0.2) is 17.2 Å². The summed E-state index contributed by atoms with van der Waals surface area (Å²) in [5.74, 6) is -2.77. The number of sulfonamides is 1. The molecule has 4 aromatic rings. The Bertz CT molecular complexity index is 1690. The Balaban J connectivity index is 1.83. The maximum Gasteiger partial charge on any atom is 0.264 e. The number of nitrogens with one attached hydrogen (secondary N) is 1. The lowest BCUT2D eigenvalue weighted by Gasteiger charge is -2.35. The van der Waals surface area contributed by atoms with Crippen LogP contribution in [0.4, 0.5) is 14.5 Å². The van der Waals surface area contributed by atoms with E-state index in [1.54, 1.807) is 57.2 Å². The van der Waals surface area contributed by atoms with Crippen LogP contribution in [0.15, 0.2) is 114 Å². The second-order valence-corrected chi connectivity index (χ2v) is 13.2. The zero-order valence-corrected chi connectivity index (χ0v) is 25.6. The molecule has 44 heavy (non-hydrogen) atoms. The predicted molar refractivity (Wildman–Crippen MR) is 166 cm³/mol. The van der Waals surface area contributed by atoms with Crippen molar-refractivity contribution >= 4 is 27.5 Å². The van der Waals surface area contributed by atoms with Gasteiger partial charge in [-0.1, -0.05) is 78.9 Å². The number of carbonyl (C=O) groups excluding carboxylic acids is 2. The Morgan fingerprint density at radius 2 is 1.32 bits per heavy atom. The van der Waals surface area contributed by atoms with Gasteiger partial charge in [-0.15, -0.1) is 0 Å². The van der Waals surface area contributed by atoms with E-state index < -0.39 is 51.6 Å². The molecule has 0 aliphatic rings. The van der Waals surface area contributed by atoms with Crippen molar-refractivity contribution in [2.24, 2.45) is 0 Å². The van der Waals surface area contributed by atoms with Crippen molar-refractivity contribution in [2.45, 2.75) is 50.2 Å². The van der Waals surface area contributed by atoms with Gasteiger partial charge in [0.2, 0.25) is 11.8 Å². The third kappa shape index (κ3) is 8.08. The summed E-state index contributed by atoms with van der Waals surface area (Å²) in [6.07, 6.45) is 0.0636. The minimum atomic E-state index is -4.45. The first kappa shape index (κ1) is 32.3. The first-order chi connectivity index (χ1) is 20.9. The molecule has 0 radical (unpaired) electrons. The van der Waals surface area contributed by atoms with Crippen LogP contribution in [0, 0.1) is 11.6 Å². The Kier molecular flexibility index (Phi) is 10.2. The summed E-state index contributed by atoms with van der Waals surface area (Å²) in [4.78, 5) is 29.2. The molecule has 2 amide bonds. The molecule has 0 fully saturated rings. The van der Waals surface area contributed by atoms with E-state index in [0.29, 0.717) is 4.31 Å². The molecular weight excluding hydrogens is 584 g/mol. The smallest absolute Gasteiger partial charge is 0.264 e. The zero-order valence-electron chi connectivity index (χ0n) is 24.8. The van der Waals surface area contributed by atoms with Gasteiger partial charge in [-0.2, -0.15) is 0 Å². The number of benzene rings is 4. The summed E-state index contributed by atoms with van der Waals surface area (Å²) in [6.45, 7) is 4.19. The van der Waals surface area contributed by atoms with Crippen LogP contribution < -0.4 is 9.62 Å². The number of hydrogen-bond donors (Lipinski definition) is 1. The van der Waals surface area contributed by atoms with E-state index in [4.69, 9.17) is 0 Å². The summed E-state index contributed by atoms with van der Waals surface area (Å²) in [5.41, 5.74) is -0.148. The lowest BCUT2D eigenvalue weighted by molar-refractivity contribution is -0.140. The number of rotatable bonds is 11. The normalized spacial score (nSPS) is 12.3. The molecule has 230 valence electrons. The zero-order chi connectivity index (χ0) is 31.9. The molecule has 4 rings (SSSR count). The van der Waals surface area contributed by atoms with E-state index in [1.807, 2.05) is 6.07 Å². The molecule has 0 aliphatic heterocycles. The fourth-order valence-electron chi connectivity index (χ4n) is 4.70. The molecule has 7 nitrogen and oxygen atoms in total. The van der Waals surface area contributed by atoms with Crippen LogP contribution in [0.1, 0.15) is 31.9 Å². The summed E-state index contributed by atoms with van der Waals surface area (Å²) in [7, 11) is -4.45. The number of para-hydroxylation sites is 1. The third-order valence-electron chi connectivity index (χ3n) is 6.80. The standard InChI is InChI=1S/C34H35F2N3O4S/c1-34(2,3)37-33(41)31(22-25-14-6-4-7-15-25)38(23-26-16-10-11-19-28(26)35)32(40)24-39(30-21-13-12-20-29(30)36)44(42,43)27-17-8-5-9-18-27/h4-21,31H,22-24H2,1-3H3,(H,37,41)/t31-/m0/s1. The van der Waals surface area contributed by atoms with Gasteiger partial charge < -0.3 is 10.2 Å². The van der Waals surface area contributed by atoms with Crippen molar-refractivity contribution in [1.29, 1.82) is 0 Å². The highest BCUT2D eigenvalue weighted by Gasteiger charge is 2.36. The molecule has 0 saturated heterocycles. The fraction of sp³-hybridized carbons (Fsp3) is 0.235. The molecule has 0 heterocycles. The molecule has 1 atom stereocenters. The summed E-state index contributed by atoms with van der Waals surface area (Å²) < 4.78 is 58.6.